The summed E-state index contributed by atoms with van der Waals surface area (Å²) in [5.74, 6) is 1.64. The van der Waals surface area contributed by atoms with E-state index in [9.17, 15) is 9.00 Å². The van der Waals surface area contributed by atoms with Crippen LogP contribution in [0.1, 0.15) is 6.92 Å². The van der Waals surface area contributed by atoms with E-state index in [4.69, 9.17) is 0 Å². The second kappa shape index (κ2) is 7.84. The fourth-order valence-corrected chi connectivity index (χ4v) is 2.75. The van der Waals surface area contributed by atoms with Gasteiger partial charge in [0.05, 0.1) is 0 Å². The molecule has 2 aromatic rings. The number of carbonyl (C=O) groups is 1. The predicted molar refractivity (Wildman–Crippen MR) is 85.9 cm³/mol. The van der Waals surface area contributed by atoms with Gasteiger partial charge in [-0.15, -0.1) is 0 Å². The SMILES string of the molecule is CC[S@](=O)CCNC(=O)Nc1nc(-c2ccccc2)ns1. The summed E-state index contributed by atoms with van der Waals surface area (Å²) in [7, 11) is -0.879. The highest BCUT2D eigenvalue weighted by molar-refractivity contribution is 7.84. The van der Waals surface area contributed by atoms with Crippen LogP contribution < -0.4 is 10.6 Å². The zero-order valence-electron chi connectivity index (χ0n) is 11.5. The Kier molecular flexibility index (Phi) is 5.82. The van der Waals surface area contributed by atoms with E-state index in [1.54, 1.807) is 0 Å². The molecule has 0 saturated heterocycles. The molecule has 0 bridgehead atoms. The van der Waals surface area contributed by atoms with Crippen LogP contribution in [0.15, 0.2) is 30.3 Å². The summed E-state index contributed by atoms with van der Waals surface area (Å²) in [6.07, 6.45) is 0. The number of hydrogen-bond donors (Lipinski definition) is 2. The monoisotopic (exact) mass is 324 g/mol. The summed E-state index contributed by atoms with van der Waals surface area (Å²) in [4.78, 5) is 15.9. The molecule has 8 heteroatoms. The Balaban J connectivity index is 1.85. The van der Waals surface area contributed by atoms with E-state index < -0.39 is 10.8 Å². The summed E-state index contributed by atoms with van der Waals surface area (Å²) in [5.41, 5.74) is 0.903. The van der Waals surface area contributed by atoms with E-state index in [-0.39, 0.29) is 6.03 Å². The van der Waals surface area contributed by atoms with Gasteiger partial charge in [0, 0.05) is 45.9 Å². The summed E-state index contributed by atoms with van der Waals surface area (Å²) >= 11 is 1.12. The summed E-state index contributed by atoms with van der Waals surface area (Å²) in [6, 6.07) is 9.19. The van der Waals surface area contributed by atoms with Gasteiger partial charge in [-0.1, -0.05) is 37.3 Å². The Bertz CT molecular complexity index is 616. The van der Waals surface area contributed by atoms with Crippen LogP contribution in [0.3, 0.4) is 0 Å². The highest BCUT2D eigenvalue weighted by Gasteiger charge is 2.09. The van der Waals surface area contributed by atoms with Crippen LogP contribution in [0.2, 0.25) is 0 Å². The molecule has 0 saturated carbocycles. The highest BCUT2D eigenvalue weighted by Crippen LogP contribution is 2.20. The molecule has 0 unspecified atom stereocenters. The van der Waals surface area contributed by atoms with E-state index >= 15 is 0 Å². The lowest BCUT2D eigenvalue weighted by Crippen LogP contribution is -2.32. The molecular weight excluding hydrogens is 308 g/mol. The standard InChI is InChI=1S/C13H16N4O2S2/c1-2-21(19)9-8-14-12(18)16-13-15-11(17-20-13)10-6-4-3-5-7-10/h3-7H,2,8-9H2,1H3,(H2,14,15,16,17,18)/t21-/m0/s1. The largest absolute Gasteiger partial charge is 0.337 e. The molecule has 2 amide bonds. The Morgan fingerprint density at radius 1 is 1.33 bits per heavy atom. The van der Waals surface area contributed by atoms with Gasteiger partial charge in [0.15, 0.2) is 5.82 Å². The maximum Gasteiger partial charge on any atom is 0.321 e. The number of aromatic nitrogens is 2. The number of benzene rings is 1. The van der Waals surface area contributed by atoms with Crippen LogP contribution in [0, 0.1) is 0 Å². The van der Waals surface area contributed by atoms with Crippen molar-refractivity contribution in [3.05, 3.63) is 30.3 Å². The third-order valence-corrected chi connectivity index (χ3v) is 4.55. The second-order valence-electron chi connectivity index (χ2n) is 4.10. The lowest BCUT2D eigenvalue weighted by Gasteiger charge is -2.04. The van der Waals surface area contributed by atoms with Gasteiger partial charge in [-0.05, 0) is 0 Å². The minimum Gasteiger partial charge on any atom is -0.337 e. The lowest BCUT2D eigenvalue weighted by molar-refractivity contribution is 0.252. The fourth-order valence-electron chi connectivity index (χ4n) is 1.54. The second-order valence-corrected chi connectivity index (χ2v) is 6.72. The molecule has 21 heavy (non-hydrogen) atoms. The Morgan fingerprint density at radius 3 is 2.81 bits per heavy atom. The van der Waals surface area contributed by atoms with Crippen molar-refractivity contribution in [1.82, 2.24) is 14.7 Å². The number of nitrogens with zero attached hydrogens (tertiary/aromatic N) is 2. The van der Waals surface area contributed by atoms with E-state index in [0.717, 1.165) is 17.1 Å². The van der Waals surface area contributed by atoms with E-state index in [1.807, 2.05) is 37.3 Å². The molecule has 1 atom stereocenters. The zero-order valence-corrected chi connectivity index (χ0v) is 13.2. The van der Waals surface area contributed by atoms with Crippen molar-refractivity contribution in [3.63, 3.8) is 0 Å². The van der Waals surface area contributed by atoms with Crippen LogP contribution in [0.5, 0.6) is 0 Å². The van der Waals surface area contributed by atoms with Crippen molar-refractivity contribution in [3.8, 4) is 11.4 Å². The average Bonchev–Trinajstić information content (AvgIpc) is 2.96. The first-order valence-electron chi connectivity index (χ1n) is 6.48. The molecule has 112 valence electrons. The first kappa shape index (κ1) is 15.6. The molecule has 2 rings (SSSR count). The first-order valence-corrected chi connectivity index (χ1v) is 8.74. The van der Waals surface area contributed by atoms with Crippen molar-refractivity contribution in [2.45, 2.75) is 6.92 Å². The first-order chi connectivity index (χ1) is 10.2. The molecular formula is C13H16N4O2S2. The topological polar surface area (TPSA) is 84.0 Å². The molecule has 0 fully saturated rings. The third-order valence-electron chi connectivity index (χ3n) is 2.62. The van der Waals surface area contributed by atoms with Gasteiger partial charge < -0.3 is 5.32 Å². The normalized spacial score (nSPS) is 11.9. The molecule has 6 nitrogen and oxygen atoms in total. The number of amides is 2. The maximum absolute atomic E-state index is 11.6. The van der Waals surface area contributed by atoms with Gasteiger partial charge in [0.1, 0.15) is 0 Å². The lowest BCUT2D eigenvalue weighted by atomic mass is 10.2. The predicted octanol–water partition coefficient (Wildman–Crippen LogP) is 2.10. The molecule has 0 radical (unpaired) electrons. The Hall–Kier alpha value is -1.80. The maximum atomic E-state index is 11.6. The van der Waals surface area contributed by atoms with Crippen molar-refractivity contribution >= 4 is 33.5 Å². The van der Waals surface area contributed by atoms with Crippen LogP contribution in [-0.2, 0) is 10.8 Å². The van der Waals surface area contributed by atoms with Crippen molar-refractivity contribution in [2.75, 3.05) is 23.4 Å². The molecule has 1 aromatic carbocycles. The van der Waals surface area contributed by atoms with Crippen LogP contribution in [-0.4, -0.2) is 37.6 Å². The van der Waals surface area contributed by atoms with Gasteiger partial charge in [-0.2, -0.15) is 9.36 Å². The minimum absolute atomic E-state index is 0.362. The molecule has 0 spiro atoms. The van der Waals surface area contributed by atoms with E-state index in [2.05, 4.69) is 20.0 Å². The number of carbonyl (C=O) groups excluding carboxylic acids is 1. The van der Waals surface area contributed by atoms with Gasteiger partial charge in [0.2, 0.25) is 5.13 Å². The number of rotatable bonds is 6. The third kappa shape index (κ3) is 4.91. The van der Waals surface area contributed by atoms with Crippen molar-refractivity contribution in [2.24, 2.45) is 0 Å². The van der Waals surface area contributed by atoms with Crippen LogP contribution >= 0.6 is 11.5 Å². The summed E-state index contributed by atoms with van der Waals surface area (Å²) in [5, 5.41) is 5.69. The van der Waals surface area contributed by atoms with Gasteiger partial charge in [-0.3, -0.25) is 9.53 Å². The van der Waals surface area contributed by atoms with Gasteiger partial charge in [-0.25, -0.2) is 4.79 Å². The molecule has 1 heterocycles. The molecule has 2 N–H and O–H groups in total. The molecule has 0 aliphatic heterocycles. The minimum atomic E-state index is -0.879. The Labute approximate surface area is 129 Å². The molecule has 0 aliphatic carbocycles. The summed E-state index contributed by atoms with van der Waals surface area (Å²) < 4.78 is 15.4. The fraction of sp³-hybridized carbons (Fsp3) is 0.308. The molecule has 1 aromatic heterocycles. The quantitative estimate of drug-likeness (QED) is 0.852. The number of urea groups is 1. The molecule has 0 aliphatic rings. The Morgan fingerprint density at radius 2 is 2.10 bits per heavy atom. The van der Waals surface area contributed by atoms with Crippen molar-refractivity contribution in [1.29, 1.82) is 0 Å². The number of nitrogens with one attached hydrogen (secondary N) is 2. The van der Waals surface area contributed by atoms with E-state index in [1.165, 1.54) is 0 Å². The van der Waals surface area contributed by atoms with E-state index in [0.29, 0.717) is 29.0 Å². The van der Waals surface area contributed by atoms with Gasteiger partial charge >= 0.3 is 6.03 Å². The zero-order chi connectivity index (χ0) is 15.1. The number of anilines is 1. The average molecular weight is 324 g/mol. The smallest absolute Gasteiger partial charge is 0.321 e. The van der Waals surface area contributed by atoms with Gasteiger partial charge in [0.25, 0.3) is 0 Å². The van der Waals surface area contributed by atoms with Crippen LogP contribution in [0.25, 0.3) is 11.4 Å². The highest BCUT2D eigenvalue weighted by atomic mass is 32.2. The number of hydrogen-bond acceptors (Lipinski definition) is 5. The van der Waals surface area contributed by atoms with Crippen LogP contribution in [0.4, 0.5) is 9.93 Å². The van der Waals surface area contributed by atoms with Crippen molar-refractivity contribution < 1.29 is 9.00 Å². The summed E-state index contributed by atoms with van der Waals surface area (Å²) in [6.45, 7) is 2.22.